The van der Waals surface area contributed by atoms with Crippen molar-refractivity contribution in [2.75, 3.05) is 0 Å². The second-order valence-electron chi connectivity index (χ2n) is 3.79. The van der Waals surface area contributed by atoms with Crippen LogP contribution < -0.4 is 5.73 Å². The number of nitrogens with two attached hydrogens (primary N) is 1. The first kappa shape index (κ1) is 14.3. The second kappa shape index (κ2) is 6.70. The molecule has 1 aromatic carbocycles. The number of aryl methyl sites for hydroxylation is 1. The van der Waals surface area contributed by atoms with Crippen LogP contribution in [0.1, 0.15) is 43.4 Å². The van der Waals surface area contributed by atoms with E-state index >= 15 is 0 Å². The van der Waals surface area contributed by atoms with Crippen LogP contribution in [0.2, 0.25) is 0 Å². The first-order chi connectivity index (χ1) is 6.65. The van der Waals surface area contributed by atoms with Gasteiger partial charge in [0, 0.05) is 6.04 Å². The first-order valence-corrected chi connectivity index (χ1v) is 5.20. The first-order valence-electron chi connectivity index (χ1n) is 5.20. The fourth-order valence-electron chi connectivity index (χ4n) is 1.50. The molecule has 0 aliphatic carbocycles. The largest absolute Gasteiger partial charge is 0.508 e. The van der Waals surface area contributed by atoms with E-state index in [0.717, 1.165) is 24.0 Å². The van der Waals surface area contributed by atoms with Crippen LogP contribution in [-0.2, 0) is 0 Å². The van der Waals surface area contributed by atoms with E-state index in [9.17, 15) is 5.11 Å². The third-order valence-electron chi connectivity index (χ3n) is 2.52. The zero-order chi connectivity index (χ0) is 10.6. The molecule has 1 rings (SSSR count). The minimum absolute atomic E-state index is 0. The van der Waals surface area contributed by atoms with Gasteiger partial charge in [-0.25, -0.2) is 0 Å². The maximum absolute atomic E-state index is 9.36. The van der Waals surface area contributed by atoms with Gasteiger partial charge in [-0.05, 0) is 30.5 Å². The van der Waals surface area contributed by atoms with Gasteiger partial charge in [-0.3, -0.25) is 0 Å². The molecule has 0 unspecified atom stereocenters. The molecule has 1 aromatic rings. The van der Waals surface area contributed by atoms with Gasteiger partial charge >= 0.3 is 0 Å². The number of hydrogen-bond donors (Lipinski definition) is 2. The number of halogens is 1. The number of benzene rings is 1. The van der Waals surface area contributed by atoms with Crippen LogP contribution in [-0.4, -0.2) is 5.11 Å². The molecule has 0 bridgehead atoms. The lowest BCUT2D eigenvalue weighted by Gasteiger charge is -2.12. The molecule has 0 spiro atoms. The number of unbranched alkanes of at least 4 members (excludes halogenated alkanes) is 1. The van der Waals surface area contributed by atoms with Crippen molar-refractivity contribution in [3.05, 3.63) is 29.3 Å². The predicted molar refractivity (Wildman–Crippen MR) is 66.5 cm³/mol. The SMILES string of the molecule is CCCC[C@@H](N)c1ccc(O)c(C)c1.Cl. The van der Waals surface area contributed by atoms with Crippen molar-refractivity contribution in [3.8, 4) is 5.75 Å². The number of hydrogen-bond acceptors (Lipinski definition) is 2. The fourth-order valence-corrected chi connectivity index (χ4v) is 1.50. The van der Waals surface area contributed by atoms with Crippen molar-refractivity contribution in [2.24, 2.45) is 5.73 Å². The third kappa shape index (κ3) is 4.10. The Kier molecular flexibility index (Phi) is 6.37. The summed E-state index contributed by atoms with van der Waals surface area (Å²) in [7, 11) is 0. The molecule has 0 aliphatic heterocycles. The summed E-state index contributed by atoms with van der Waals surface area (Å²) < 4.78 is 0. The van der Waals surface area contributed by atoms with Gasteiger partial charge < -0.3 is 10.8 Å². The smallest absolute Gasteiger partial charge is 0.118 e. The molecule has 0 heterocycles. The minimum atomic E-state index is 0. The van der Waals surface area contributed by atoms with Crippen LogP contribution in [0.3, 0.4) is 0 Å². The molecule has 0 aliphatic rings. The predicted octanol–water partition coefficient (Wildman–Crippen LogP) is 3.31. The van der Waals surface area contributed by atoms with E-state index in [4.69, 9.17) is 5.73 Å². The average Bonchev–Trinajstić information content (AvgIpc) is 2.18. The number of aromatic hydroxyl groups is 1. The van der Waals surface area contributed by atoms with Gasteiger partial charge in [-0.2, -0.15) is 0 Å². The normalized spacial score (nSPS) is 11.9. The lowest BCUT2D eigenvalue weighted by Crippen LogP contribution is -2.09. The maximum atomic E-state index is 9.36. The van der Waals surface area contributed by atoms with E-state index in [1.54, 1.807) is 6.07 Å². The lowest BCUT2D eigenvalue weighted by atomic mass is 10.00. The lowest BCUT2D eigenvalue weighted by molar-refractivity contribution is 0.470. The van der Waals surface area contributed by atoms with Crippen LogP contribution in [0.15, 0.2) is 18.2 Å². The molecule has 0 amide bonds. The van der Waals surface area contributed by atoms with E-state index in [1.807, 2.05) is 19.1 Å². The van der Waals surface area contributed by atoms with Crippen LogP contribution in [0.25, 0.3) is 0 Å². The molecular weight excluding hydrogens is 210 g/mol. The van der Waals surface area contributed by atoms with Gasteiger partial charge in [0.15, 0.2) is 0 Å². The highest BCUT2D eigenvalue weighted by Gasteiger charge is 2.06. The number of phenols is 1. The zero-order valence-corrected chi connectivity index (χ0v) is 10.2. The Hall–Kier alpha value is -0.730. The summed E-state index contributed by atoms with van der Waals surface area (Å²) in [6.07, 6.45) is 3.34. The molecule has 86 valence electrons. The number of rotatable bonds is 4. The van der Waals surface area contributed by atoms with Crippen LogP contribution >= 0.6 is 12.4 Å². The second-order valence-corrected chi connectivity index (χ2v) is 3.79. The Balaban J connectivity index is 0.00000196. The van der Waals surface area contributed by atoms with Crippen LogP contribution in [0.5, 0.6) is 5.75 Å². The zero-order valence-electron chi connectivity index (χ0n) is 9.36. The van der Waals surface area contributed by atoms with Crippen molar-refractivity contribution in [1.82, 2.24) is 0 Å². The molecule has 0 saturated heterocycles. The molecule has 0 fully saturated rings. The summed E-state index contributed by atoms with van der Waals surface area (Å²) in [5, 5.41) is 9.36. The summed E-state index contributed by atoms with van der Waals surface area (Å²) >= 11 is 0. The standard InChI is InChI=1S/C12H19NO.ClH/c1-3-4-5-11(13)10-6-7-12(14)9(2)8-10;/h6-8,11,14H,3-5,13H2,1-2H3;1H/t11-;/m1./s1. The van der Waals surface area contributed by atoms with Crippen molar-refractivity contribution in [3.63, 3.8) is 0 Å². The summed E-state index contributed by atoms with van der Waals surface area (Å²) in [5.41, 5.74) is 8.04. The highest BCUT2D eigenvalue weighted by Crippen LogP contribution is 2.22. The Bertz CT molecular complexity index is 302. The Morgan fingerprint density at radius 2 is 2.07 bits per heavy atom. The molecule has 15 heavy (non-hydrogen) atoms. The third-order valence-corrected chi connectivity index (χ3v) is 2.52. The summed E-state index contributed by atoms with van der Waals surface area (Å²) in [6, 6.07) is 5.70. The Morgan fingerprint density at radius 3 is 2.60 bits per heavy atom. The van der Waals surface area contributed by atoms with Gasteiger partial charge in [0.05, 0.1) is 0 Å². The van der Waals surface area contributed by atoms with Crippen LogP contribution in [0.4, 0.5) is 0 Å². The van der Waals surface area contributed by atoms with Gasteiger partial charge in [0.1, 0.15) is 5.75 Å². The van der Waals surface area contributed by atoms with Crippen molar-refractivity contribution < 1.29 is 5.11 Å². The molecule has 3 N–H and O–H groups in total. The maximum Gasteiger partial charge on any atom is 0.118 e. The summed E-state index contributed by atoms with van der Waals surface area (Å²) in [5.74, 6) is 0.344. The summed E-state index contributed by atoms with van der Waals surface area (Å²) in [4.78, 5) is 0. The molecule has 0 saturated carbocycles. The van der Waals surface area contributed by atoms with Crippen molar-refractivity contribution in [1.29, 1.82) is 0 Å². The molecule has 3 heteroatoms. The highest BCUT2D eigenvalue weighted by molar-refractivity contribution is 5.85. The van der Waals surface area contributed by atoms with Gasteiger partial charge in [-0.15, -0.1) is 12.4 Å². The Morgan fingerprint density at radius 1 is 1.40 bits per heavy atom. The fraction of sp³-hybridized carbons (Fsp3) is 0.500. The highest BCUT2D eigenvalue weighted by atomic mass is 35.5. The van der Waals surface area contributed by atoms with Crippen molar-refractivity contribution in [2.45, 2.75) is 39.2 Å². The van der Waals surface area contributed by atoms with Gasteiger partial charge in [-0.1, -0.05) is 31.9 Å². The average molecular weight is 230 g/mol. The van der Waals surface area contributed by atoms with E-state index < -0.39 is 0 Å². The minimum Gasteiger partial charge on any atom is -0.508 e. The topological polar surface area (TPSA) is 46.2 Å². The van der Waals surface area contributed by atoms with E-state index in [2.05, 4.69) is 6.92 Å². The molecular formula is C12H20ClNO. The van der Waals surface area contributed by atoms with Crippen LogP contribution in [0, 0.1) is 6.92 Å². The van der Waals surface area contributed by atoms with E-state index in [1.165, 1.54) is 6.42 Å². The van der Waals surface area contributed by atoms with Gasteiger partial charge in [0.25, 0.3) is 0 Å². The molecule has 0 radical (unpaired) electrons. The molecule has 0 aromatic heterocycles. The van der Waals surface area contributed by atoms with E-state index in [0.29, 0.717) is 5.75 Å². The summed E-state index contributed by atoms with van der Waals surface area (Å²) in [6.45, 7) is 4.06. The monoisotopic (exact) mass is 229 g/mol. The molecule has 1 atom stereocenters. The molecule has 2 nitrogen and oxygen atoms in total. The Labute approximate surface area is 97.9 Å². The number of phenolic OH excluding ortho intramolecular Hbond substituents is 1. The van der Waals surface area contributed by atoms with Gasteiger partial charge in [0.2, 0.25) is 0 Å². The van der Waals surface area contributed by atoms with E-state index in [-0.39, 0.29) is 18.4 Å². The quantitative estimate of drug-likeness (QED) is 0.832. The van der Waals surface area contributed by atoms with Crippen molar-refractivity contribution >= 4 is 12.4 Å².